The maximum Gasteiger partial charge on any atom is 0.222 e. The van der Waals surface area contributed by atoms with Gasteiger partial charge in [0.05, 0.1) is 5.69 Å². The zero-order chi connectivity index (χ0) is 9.26. The molecule has 0 bridgehead atoms. The highest BCUT2D eigenvalue weighted by Crippen LogP contribution is 2.40. The van der Waals surface area contributed by atoms with Crippen molar-refractivity contribution < 1.29 is 0 Å². The summed E-state index contributed by atoms with van der Waals surface area (Å²) in [6.07, 6.45) is 5.59. The van der Waals surface area contributed by atoms with Crippen molar-refractivity contribution in [3.05, 3.63) is 17.5 Å². The highest BCUT2D eigenvalue weighted by molar-refractivity contribution is 5.32. The molecule has 0 amide bonds. The number of nitrogens with zero attached hydrogens (tertiary/aromatic N) is 2. The van der Waals surface area contributed by atoms with Crippen LogP contribution in [-0.4, -0.2) is 17.0 Å². The number of anilines is 1. The molecular weight excluding hydrogens is 162 g/mol. The summed E-state index contributed by atoms with van der Waals surface area (Å²) in [7, 11) is 1.86. The molecule has 1 N–H and O–H groups in total. The molecule has 1 aromatic heterocycles. The Hall–Kier alpha value is -1.12. The van der Waals surface area contributed by atoms with Gasteiger partial charge in [-0.15, -0.1) is 0 Å². The summed E-state index contributed by atoms with van der Waals surface area (Å²) in [6.45, 7) is 2.16. The summed E-state index contributed by atoms with van der Waals surface area (Å²) >= 11 is 0. The van der Waals surface area contributed by atoms with Gasteiger partial charge in [0, 0.05) is 19.2 Å². The summed E-state index contributed by atoms with van der Waals surface area (Å²) in [5.41, 5.74) is 2.57. The standard InChI is InChI=1S/C10H15N3/c1-3-7-6-12-10(11-2)13-9(7)8-4-5-8/h6,8H,3-5H2,1-2H3,(H,11,12,13). The van der Waals surface area contributed by atoms with Gasteiger partial charge in [0.15, 0.2) is 0 Å². The second-order valence-electron chi connectivity index (χ2n) is 3.48. The third kappa shape index (κ3) is 1.64. The Morgan fingerprint density at radius 1 is 1.54 bits per heavy atom. The van der Waals surface area contributed by atoms with Crippen molar-refractivity contribution in [2.75, 3.05) is 12.4 Å². The van der Waals surface area contributed by atoms with Gasteiger partial charge in [0.2, 0.25) is 5.95 Å². The van der Waals surface area contributed by atoms with Gasteiger partial charge in [0.1, 0.15) is 0 Å². The molecule has 0 aliphatic heterocycles. The minimum absolute atomic E-state index is 0.713. The summed E-state index contributed by atoms with van der Waals surface area (Å²) in [6, 6.07) is 0. The fourth-order valence-corrected chi connectivity index (χ4v) is 1.52. The molecule has 0 atom stereocenters. The van der Waals surface area contributed by atoms with Gasteiger partial charge in [-0.05, 0) is 24.8 Å². The van der Waals surface area contributed by atoms with E-state index >= 15 is 0 Å². The number of rotatable bonds is 3. The highest BCUT2D eigenvalue weighted by Gasteiger charge is 2.27. The Bertz CT molecular complexity index is 305. The van der Waals surface area contributed by atoms with E-state index in [0.717, 1.165) is 12.4 Å². The van der Waals surface area contributed by atoms with E-state index in [4.69, 9.17) is 0 Å². The van der Waals surface area contributed by atoms with E-state index in [9.17, 15) is 0 Å². The van der Waals surface area contributed by atoms with Gasteiger partial charge in [-0.2, -0.15) is 0 Å². The largest absolute Gasteiger partial charge is 0.357 e. The van der Waals surface area contributed by atoms with Crippen molar-refractivity contribution in [2.24, 2.45) is 0 Å². The van der Waals surface area contributed by atoms with Crippen LogP contribution in [0, 0.1) is 0 Å². The summed E-state index contributed by atoms with van der Waals surface area (Å²) < 4.78 is 0. The molecule has 2 rings (SSSR count). The molecule has 0 spiro atoms. The molecule has 1 saturated carbocycles. The van der Waals surface area contributed by atoms with Crippen molar-refractivity contribution in [1.82, 2.24) is 9.97 Å². The first-order valence-electron chi connectivity index (χ1n) is 4.88. The Balaban J connectivity index is 2.35. The predicted molar refractivity (Wildman–Crippen MR) is 52.9 cm³/mol. The van der Waals surface area contributed by atoms with Crippen molar-refractivity contribution in [3.8, 4) is 0 Å². The number of aryl methyl sites for hydroxylation is 1. The van der Waals surface area contributed by atoms with Crippen molar-refractivity contribution in [3.63, 3.8) is 0 Å². The van der Waals surface area contributed by atoms with Crippen LogP contribution >= 0.6 is 0 Å². The van der Waals surface area contributed by atoms with Crippen LogP contribution in [0.1, 0.15) is 36.9 Å². The second-order valence-corrected chi connectivity index (χ2v) is 3.48. The molecule has 0 saturated heterocycles. The molecule has 1 heterocycles. The second kappa shape index (κ2) is 3.32. The van der Waals surface area contributed by atoms with Gasteiger partial charge in [0.25, 0.3) is 0 Å². The van der Waals surface area contributed by atoms with E-state index in [1.807, 2.05) is 13.2 Å². The zero-order valence-corrected chi connectivity index (χ0v) is 8.17. The Kier molecular flexibility index (Phi) is 2.17. The van der Waals surface area contributed by atoms with Crippen LogP contribution in [0.5, 0.6) is 0 Å². The average molecular weight is 177 g/mol. The third-order valence-corrected chi connectivity index (χ3v) is 2.47. The zero-order valence-electron chi connectivity index (χ0n) is 8.17. The van der Waals surface area contributed by atoms with Crippen LogP contribution in [0.3, 0.4) is 0 Å². The normalized spacial score (nSPS) is 15.8. The smallest absolute Gasteiger partial charge is 0.222 e. The number of nitrogens with one attached hydrogen (secondary N) is 1. The van der Waals surface area contributed by atoms with Gasteiger partial charge in [-0.1, -0.05) is 6.92 Å². The minimum atomic E-state index is 0.713. The van der Waals surface area contributed by atoms with E-state index < -0.39 is 0 Å². The SMILES string of the molecule is CCc1cnc(NC)nc1C1CC1. The molecule has 1 fully saturated rings. The summed E-state index contributed by atoms with van der Waals surface area (Å²) in [5.74, 6) is 1.46. The lowest BCUT2D eigenvalue weighted by molar-refractivity contribution is 0.924. The lowest BCUT2D eigenvalue weighted by atomic mass is 10.1. The molecule has 0 aromatic carbocycles. The van der Waals surface area contributed by atoms with E-state index in [2.05, 4.69) is 22.2 Å². The van der Waals surface area contributed by atoms with E-state index in [1.54, 1.807) is 0 Å². The van der Waals surface area contributed by atoms with Gasteiger partial charge in [-0.3, -0.25) is 0 Å². The fraction of sp³-hybridized carbons (Fsp3) is 0.600. The predicted octanol–water partition coefficient (Wildman–Crippen LogP) is 1.96. The first-order chi connectivity index (χ1) is 6.35. The highest BCUT2D eigenvalue weighted by atomic mass is 15.1. The average Bonchev–Trinajstić information content (AvgIpc) is 3.00. The van der Waals surface area contributed by atoms with Crippen LogP contribution in [0.4, 0.5) is 5.95 Å². The number of aromatic nitrogens is 2. The van der Waals surface area contributed by atoms with Gasteiger partial charge >= 0.3 is 0 Å². The molecular formula is C10H15N3. The van der Waals surface area contributed by atoms with E-state index in [-0.39, 0.29) is 0 Å². The fourth-order valence-electron chi connectivity index (χ4n) is 1.52. The molecule has 13 heavy (non-hydrogen) atoms. The molecule has 1 aliphatic rings. The Labute approximate surface area is 78.6 Å². The first kappa shape index (κ1) is 8.48. The minimum Gasteiger partial charge on any atom is -0.357 e. The molecule has 0 radical (unpaired) electrons. The monoisotopic (exact) mass is 177 g/mol. The van der Waals surface area contributed by atoms with Crippen LogP contribution in [-0.2, 0) is 6.42 Å². The first-order valence-corrected chi connectivity index (χ1v) is 4.88. The van der Waals surface area contributed by atoms with Crippen molar-refractivity contribution >= 4 is 5.95 Å². The lowest BCUT2D eigenvalue weighted by Gasteiger charge is -2.06. The molecule has 1 aromatic rings. The Morgan fingerprint density at radius 3 is 2.85 bits per heavy atom. The maximum atomic E-state index is 4.50. The van der Waals surface area contributed by atoms with Crippen LogP contribution in [0.25, 0.3) is 0 Å². The van der Waals surface area contributed by atoms with Gasteiger partial charge in [-0.25, -0.2) is 9.97 Å². The van der Waals surface area contributed by atoms with Crippen molar-refractivity contribution in [1.29, 1.82) is 0 Å². The van der Waals surface area contributed by atoms with E-state index in [1.165, 1.54) is 24.1 Å². The molecule has 1 aliphatic carbocycles. The van der Waals surface area contributed by atoms with E-state index in [0.29, 0.717) is 5.92 Å². The molecule has 70 valence electrons. The van der Waals surface area contributed by atoms with Crippen LogP contribution in [0.2, 0.25) is 0 Å². The summed E-state index contributed by atoms with van der Waals surface area (Å²) in [4.78, 5) is 8.72. The maximum absolute atomic E-state index is 4.50. The number of hydrogen-bond acceptors (Lipinski definition) is 3. The summed E-state index contributed by atoms with van der Waals surface area (Å²) in [5, 5.41) is 2.98. The number of hydrogen-bond donors (Lipinski definition) is 1. The quantitative estimate of drug-likeness (QED) is 0.767. The lowest BCUT2D eigenvalue weighted by Crippen LogP contribution is -2.02. The van der Waals surface area contributed by atoms with Crippen LogP contribution < -0.4 is 5.32 Å². The van der Waals surface area contributed by atoms with Crippen LogP contribution in [0.15, 0.2) is 6.20 Å². The molecule has 0 unspecified atom stereocenters. The van der Waals surface area contributed by atoms with Gasteiger partial charge < -0.3 is 5.32 Å². The third-order valence-electron chi connectivity index (χ3n) is 2.47. The topological polar surface area (TPSA) is 37.8 Å². The molecule has 3 heteroatoms. The molecule has 3 nitrogen and oxygen atoms in total. The Morgan fingerprint density at radius 2 is 2.31 bits per heavy atom. The van der Waals surface area contributed by atoms with Crippen molar-refractivity contribution in [2.45, 2.75) is 32.1 Å².